The third-order valence-corrected chi connectivity index (χ3v) is 1.37. The predicted molar refractivity (Wildman–Crippen MR) is 49.3 cm³/mol. The summed E-state index contributed by atoms with van der Waals surface area (Å²) in [7, 11) is 0. The van der Waals surface area contributed by atoms with Gasteiger partial charge in [-0.3, -0.25) is 9.59 Å². The zero-order valence-corrected chi connectivity index (χ0v) is 8.13. The van der Waals surface area contributed by atoms with Gasteiger partial charge in [0.05, 0.1) is 6.42 Å². The highest BCUT2D eigenvalue weighted by Gasteiger charge is 2.22. The van der Waals surface area contributed by atoms with Gasteiger partial charge in [-0.15, -0.1) is 0 Å². The molecule has 0 saturated carbocycles. The quantitative estimate of drug-likeness (QED) is 0.640. The Labute approximate surface area is 77.6 Å². The Morgan fingerprint density at radius 1 is 1.46 bits per heavy atom. The summed E-state index contributed by atoms with van der Waals surface area (Å²) in [5.41, 5.74) is -0.706. The van der Waals surface area contributed by atoms with E-state index in [1.807, 2.05) is 0 Å². The minimum Gasteiger partial charge on any atom is -0.481 e. The molecule has 0 unspecified atom stereocenters. The van der Waals surface area contributed by atoms with Crippen LogP contribution in [-0.4, -0.2) is 22.5 Å². The predicted octanol–water partition coefficient (Wildman–Crippen LogP) is 0.932. The molecule has 0 rings (SSSR count). The number of amides is 1. The molecule has 0 aromatic carbocycles. The Hall–Kier alpha value is -1.32. The second-order valence-electron chi connectivity index (χ2n) is 3.44. The first-order valence-electron chi connectivity index (χ1n) is 4.04. The van der Waals surface area contributed by atoms with Crippen LogP contribution in [0.25, 0.3) is 0 Å². The van der Waals surface area contributed by atoms with Gasteiger partial charge in [0, 0.05) is 5.54 Å². The summed E-state index contributed by atoms with van der Waals surface area (Å²) in [6, 6.07) is 0. The van der Waals surface area contributed by atoms with Crippen LogP contribution in [0.5, 0.6) is 0 Å². The fourth-order valence-corrected chi connectivity index (χ4v) is 0.949. The van der Waals surface area contributed by atoms with Gasteiger partial charge in [0.15, 0.2) is 0 Å². The lowest BCUT2D eigenvalue weighted by atomic mass is 10.0. The molecule has 74 valence electrons. The molecule has 2 N–H and O–H groups in total. The first kappa shape index (κ1) is 11.7. The van der Waals surface area contributed by atoms with Crippen molar-refractivity contribution in [3.63, 3.8) is 0 Å². The second-order valence-corrected chi connectivity index (χ2v) is 3.44. The number of carboxylic acids is 1. The highest BCUT2D eigenvalue weighted by atomic mass is 16.4. The van der Waals surface area contributed by atoms with Crippen molar-refractivity contribution in [2.24, 2.45) is 0 Å². The van der Waals surface area contributed by atoms with E-state index in [0.29, 0.717) is 0 Å². The van der Waals surface area contributed by atoms with Crippen LogP contribution in [0.1, 0.15) is 27.2 Å². The maximum Gasteiger partial charge on any atom is 0.305 e. The second kappa shape index (κ2) is 4.64. The van der Waals surface area contributed by atoms with Crippen molar-refractivity contribution >= 4 is 11.9 Å². The number of carbonyl (C=O) groups excluding carboxylic acids is 1. The van der Waals surface area contributed by atoms with Crippen LogP contribution in [0.3, 0.4) is 0 Å². The maximum absolute atomic E-state index is 11.0. The Balaban J connectivity index is 4.16. The van der Waals surface area contributed by atoms with E-state index in [0.717, 1.165) is 0 Å². The lowest BCUT2D eigenvalue weighted by Gasteiger charge is -2.23. The molecule has 0 aliphatic heterocycles. The van der Waals surface area contributed by atoms with Crippen LogP contribution >= 0.6 is 0 Å². The van der Waals surface area contributed by atoms with Crippen molar-refractivity contribution in [1.29, 1.82) is 0 Å². The lowest BCUT2D eigenvalue weighted by Crippen LogP contribution is -2.44. The number of nitrogens with one attached hydrogen (secondary N) is 1. The fraction of sp³-hybridized carbons (Fsp3) is 0.556. The molecule has 0 fully saturated rings. The van der Waals surface area contributed by atoms with Crippen LogP contribution < -0.4 is 5.32 Å². The molecule has 0 aromatic rings. The molecule has 1 amide bonds. The van der Waals surface area contributed by atoms with E-state index >= 15 is 0 Å². The summed E-state index contributed by atoms with van der Waals surface area (Å²) < 4.78 is 0. The molecule has 13 heavy (non-hydrogen) atoms. The highest BCUT2D eigenvalue weighted by molar-refractivity contribution is 5.88. The standard InChI is InChI=1S/C9H15NO3/c1-4-5-7(11)10-9(2,3)6-8(12)13/h4-5H,6H2,1-3H3,(H,10,11)(H,12,13). The first-order valence-corrected chi connectivity index (χ1v) is 4.04. The van der Waals surface area contributed by atoms with Gasteiger partial charge in [-0.1, -0.05) is 6.08 Å². The van der Waals surface area contributed by atoms with E-state index in [9.17, 15) is 9.59 Å². The van der Waals surface area contributed by atoms with Crippen molar-refractivity contribution in [2.75, 3.05) is 0 Å². The van der Waals surface area contributed by atoms with Gasteiger partial charge in [-0.2, -0.15) is 0 Å². The van der Waals surface area contributed by atoms with Gasteiger partial charge in [0.25, 0.3) is 0 Å². The van der Waals surface area contributed by atoms with Crippen LogP contribution in [0, 0.1) is 0 Å². The molecule has 0 radical (unpaired) electrons. The van der Waals surface area contributed by atoms with Gasteiger partial charge in [-0.05, 0) is 26.8 Å². The molecule has 0 aliphatic carbocycles. The number of aliphatic carboxylic acids is 1. The van der Waals surface area contributed by atoms with Crippen molar-refractivity contribution in [3.8, 4) is 0 Å². The molecule has 0 bridgehead atoms. The average Bonchev–Trinajstić information content (AvgIpc) is 1.81. The molecular formula is C9H15NO3. The van der Waals surface area contributed by atoms with Crippen molar-refractivity contribution in [3.05, 3.63) is 12.2 Å². The minimum atomic E-state index is -0.925. The molecule has 0 aromatic heterocycles. The Morgan fingerprint density at radius 3 is 2.38 bits per heavy atom. The van der Waals surface area contributed by atoms with Crippen molar-refractivity contribution in [1.82, 2.24) is 5.32 Å². The molecule has 0 atom stereocenters. The summed E-state index contributed by atoms with van der Waals surface area (Å²) in [6.45, 7) is 5.06. The van der Waals surface area contributed by atoms with Crippen LogP contribution in [-0.2, 0) is 9.59 Å². The number of rotatable bonds is 4. The number of hydrogen-bond donors (Lipinski definition) is 2. The smallest absolute Gasteiger partial charge is 0.305 e. The Morgan fingerprint density at radius 2 is 2.00 bits per heavy atom. The van der Waals surface area contributed by atoms with Crippen molar-refractivity contribution in [2.45, 2.75) is 32.7 Å². The summed E-state index contributed by atoms with van der Waals surface area (Å²) in [6.07, 6.45) is 2.88. The zero-order valence-electron chi connectivity index (χ0n) is 8.13. The van der Waals surface area contributed by atoms with Gasteiger partial charge >= 0.3 is 5.97 Å². The zero-order chi connectivity index (χ0) is 10.5. The van der Waals surface area contributed by atoms with E-state index in [1.54, 1.807) is 26.8 Å². The number of carboxylic acid groups (broad SMARTS) is 1. The van der Waals surface area contributed by atoms with Crippen LogP contribution in [0.4, 0.5) is 0 Å². The van der Waals surface area contributed by atoms with Crippen LogP contribution in [0.2, 0.25) is 0 Å². The molecule has 4 nitrogen and oxygen atoms in total. The SMILES string of the molecule is CC=CC(=O)NC(C)(C)CC(=O)O. The van der Waals surface area contributed by atoms with E-state index in [2.05, 4.69) is 5.32 Å². The number of allylic oxidation sites excluding steroid dienone is 1. The van der Waals surface area contributed by atoms with E-state index in [1.165, 1.54) is 6.08 Å². The largest absolute Gasteiger partial charge is 0.481 e. The average molecular weight is 185 g/mol. The highest BCUT2D eigenvalue weighted by Crippen LogP contribution is 2.07. The molecule has 0 spiro atoms. The molecule has 0 saturated heterocycles. The third-order valence-electron chi connectivity index (χ3n) is 1.37. The lowest BCUT2D eigenvalue weighted by molar-refractivity contribution is -0.138. The summed E-state index contributed by atoms with van der Waals surface area (Å²) in [4.78, 5) is 21.4. The molecule has 4 heteroatoms. The van der Waals surface area contributed by atoms with Gasteiger partial charge < -0.3 is 10.4 Å². The normalized spacial score (nSPS) is 11.6. The Kier molecular flexibility index (Phi) is 4.17. The number of hydrogen-bond acceptors (Lipinski definition) is 2. The van der Waals surface area contributed by atoms with E-state index < -0.39 is 11.5 Å². The Bertz CT molecular complexity index is 231. The van der Waals surface area contributed by atoms with Gasteiger partial charge in [0.1, 0.15) is 0 Å². The van der Waals surface area contributed by atoms with Crippen LogP contribution in [0.15, 0.2) is 12.2 Å². The summed E-state index contributed by atoms with van der Waals surface area (Å²) in [5.74, 6) is -1.19. The maximum atomic E-state index is 11.0. The topological polar surface area (TPSA) is 66.4 Å². The molecule has 0 heterocycles. The fourth-order valence-electron chi connectivity index (χ4n) is 0.949. The number of carbonyl (C=O) groups is 2. The van der Waals surface area contributed by atoms with Crippen molar-refractivity contribution < 1.29 is 14.7 Å². The van der Waals surface area contributed by atoms with Gasteiger partial charge in [0.2, 0.25) is 5.91 Å². The third kappa shape index (κ3) is 5.90. The summed E-state index contributed by atoms with van der Waals surface area (Å²) in [5, 5.41) is 11.1. The minimum absolute atomic E-state index is 0.0870. The summed E-state index contributed by atoms with van der Waals surface area (Å²) >= 11 is 0. The molecular weight excluding hydrogens is 170 g/mol. The first-order chi connectivity index (χ1) is 5.87. The monoisotopic (exact) mass is 185 g/mol. The molecule has 0 aliphatic rings. The van der Waals surface area contributed by atoms with E-state index in [-0.39, 0.29) is 12.3 Å². The van der Waals surface area contributed by atoms with E-state index in [4.69, 9.17) is 5.11 Å². The van der Waals surface area contributed by atoms with Gasteiger partial charge in [-0.25, -0.2) is 0 Å².